The molecule has 2 rings (SSSR count). The number of carbonyl (C=O) groups is 2. The van der Waals surface area contributed by atoms with Gasteiger partial charge in [0.1, 0.15) is 0 Å². The van der Waals surface area contributed by atoms with Crippen LogP contribution in [-0.4, -0.2) is 29.7 Å². The van der Waals surface area contributed by atoms with Gasteiger partial charge in [-0.1, -0.05) is 29.8 Å². The van der Waals surface area contributed by atoms with Crippen LogP contribution in [0.3, 0.4) is 0 Å². The predicted molar refractivity (Wildman–Crippen MR) is 96.3 cm³/mol. The van der Waals surface area contributed by atoms with E-state index in [1.165, 1.54) is 6.07 Å². The number of nitrogens with one attached hydrogen (secondary N) is 2. The third kappa shape index (κ3) is 5.26. The van der Waals surface area contributed by atoms with Gasteiger partial charge in [0.2, 0.25) is 0 Å². The Hall–Kier alpha value is -2.02. The zero-order valence-corrected chi connectivity index (χ0v) is 14.5. The summed E-state index contributed by atoms with van der Waals surface area (Å²) in [6.07, 6.45) is 1.08. The molecule has 24 heavy (non-hydrogen) atoms. The SMILES string of the molecule is CSc1ccc(C(O)CNC(=O)C(=O)Nc2cccc(Cl)c2)cc1. The molecule has 0 saturated heterocycles. The van der Waals surface area contributed by atoms with Crippen LogP contribution < -0.4 is 10.6 Å². The number of rotatable bonds is 5. The average Bonchev–Trinajstić information content (AvgIpc) is 2.59. The third-order valence-corrected chi connectivity index (χ3v) is 4.22. The normalized spacial score (nSPS) is 11.6. The van der Waals surface area contributed by atoms with Crippen molar-refractivity contribution < 1.29 is 14.7 Å². The lowest BCUT2D eigenvalue weighted by Gasteiger charge is -2.12. The van der Waals surface area contributed by atoms with Crippen molar-refractivity contribution in [2.75, 3.05) is 18.1 Å². The van der Waals surface area contributed by atoms with Crippen LogP contribution in [0.5, 0.6) is 0 Å². The number of amides is 2. The van der Waals surface area contributed by atoms with Crippen LogP contribution in [0.2, 0.25) is 5.02 Å². The van der Waals surface area contributed by atoms with Crippen molar-refractivity contribution >= 4 is 40.9 Å². The van der Waals surface area contributed by atoms with Gasteiger partial charge in [-0.2, -0.15) is 0 Å². The summed E-state index contributed by atoms with van der Waals surface area (Å²) >= 11 is 7.41. The molecule has 126 valence electrons. The minimum atomic E-state index is -0.885. The van der Waals surface area contributed by atoms with E-state index in [4.69, 9.17) is 11.6 Å². The van der Waals surface area contributed by atoms with Gasteiger partial charge in [-0.15, -0.1) is 11.8 Å². The fourth-order valence-electron chi connectivity index (χ4n) is 1.97. The quantitative estimate of drug-likeness (QED) is 0.563. The summed E-state index contributed by atoms with van der Waals surface area (Å²) in [5.74, 6) is -1.64. The van der Waals surface area contributed by atoms with Crippen molar-refractivity contribution in [1.29, 1.82) is 0 Å². The number of carbonyl (C=O) groups excluding carboxylic acids is 2. The highest BCUT2D eigenvalue weighted by molar-refractivity contribution is 7.98. The first-order valence-corrected chi connectivity index (χ1v) is 8.76. The second-order valence-electron chi connectivity index (χ2n) is 4.96. The number of aliphatic hydroxyl groups is 1. The molecule has 0 bridgehead atoms. The summed E-state index contributed by atoms with van der Waals surface area (Å²) < 4.78 is 0. The van der Waals surface area contributed by atoms with E-state index >= 15 is 0 Å². The Bertz CT molecular complexity index is 722. The molecule has 0 spiro atoms. The highest BCUT2D eigenvalue weighted by Gasteiger charge is 2.16. The summed E-state index contributed by atoms with van der Waals surface area (Å²) in [5, 5.41) is 15.4. The summed E-state index contributed by atoms with van der Waals surface area (Å²) in [6.45, 7) is -0.0551. The molecule has 3 N–H and O–H groups in total. The predicted octanol–water partition coefficient (Wildman–Crippen LogP) is 2.85. The molecule has 0 aliphatic carbocycles. The lowest BCUT2D eigenvalue weighted by Crippen LogP contribution is -2.37. The van der Waals surface area contributed by atoms with Gasteiger partial charge < -0.3 is 15.7 Å². The summed E-state index contributed by atoms with van der Waals surface area (Å²) in [4.78, 5) is 24.7. The van der Waals surface area contributed by atoms with Crippen molar-refractivity contribution in [1.82, 2.24) is 5.32 Å². The van der Waals surface area contributed by atoms with Gasteiger partial charge >= 0.3 is 11.8 Å². The van der Waals surface area contributed by atoms with Crippen LogP contribution in [0.4, 0.5) is 5.69 Å². The zero-order valence-electron chi connectivity index (χ0n) is 13.0. The van der Waals surface area contributed by atoms with Crippen LogP contribution in [0.1, 0.15) is 11.7 Å². The number of hydrogen-bond acceptors (Lipinski definition) is 4. The minimum Gasteiger partial charge on any atom is -0.387 e. The Morgan fingerprint density at radius 3 is 2.50 bits per heavy atom. The number of thioether (sulfide) groups is 1. The van der Waals surface area contributed by atoms with E-state index in [1.807, 2.05) is 18.4 Å². The molecule has 2 aromatic rings. The van der Waals surface area contributed by atoms with Crippen LogP contribution in [-0.2, 0) is 9.59 Å². The standard InChI is InChI=1S/C17H17ClN2O3S/c1-24-14-7-5-11(6-8-14)15(21)10-19-16(22)17(23)20-13-4-2-3-12(18)9-13/h2-9,15,21H,10H2,1H3,(H,19,22)(H,20,23). The van der Waals surface area contributed by atoms with E-state index in [0.717, 1.165) is 4.90 Å². The summed E-state index contributed by atoms with van der Waals surface area (Å²) in [7, 11) is 0. The highest BCUT2D eigenvalue weighted by Crippen LogP contribution is 2.18. The van der Waals surface area contributed by atoms with Gasteiger partial charge in [-0.3, -0.25) is 9.59 Å². The van der Waals surface area contributed by atoms with E-state index in [2.05, 4.69) is 10.6 Å². The van der Waals surface area contributed by atoms with Crippen molar-refractivity contribution in [2.45, 2.75) is 11.0 Å². The molecule has 0 heterocycles. The van der Waals surface area contributed by atoms with Crippen molar-refractivity contribution in [2.24, 2.45) is 0 Å². The number of aliphatic hydroxyl groups excluding tert-OH is 1. The highest BCUT2D eigenvalue weighted by atomic mass is 35.5. The Morgan fingerprint density at radius 2 is 1.88 bits per heavy atom. The molecule has 2 amide bonds. The van der Waals surface area contributed by atoms with Crippen LogP contribution in [0, 0.1) is 0 Å². The first-order chi connectivity index (χ1) is 11.5. The monoisotopic (exact) mass is 364 g/mol. The molecule has 7 heteroatoms. The number of benzene rings is 2. The maximum atomic E-state index is 11.8. The molecule has 0 aliphatic heterocycles. The molecule has 1 unspecified atom stereocenters. The fraction of sp³-hybridized carbons (Fsp3) is 0.176. The molecular formula is C17H17ClN2O3S. The molecule has 0 fully saturated rings. The second kappa shape index (κ2) is 8.73. The third-order valence-electron chi connectivity index (χ3n) is 3.25. The van der Waals surface area contributed by atoms with Crippen LogP contribution >= 0.6 is 23.4 Å². The van der Waals surface area contributed by atoms with Crippen molar-refractivity contribution in [3.05, 3.63) is 59.1 Å². The molecule has 2 aromatic carbocycles. The maximum absolute atomic E-state index is 11.8. The van der Waals surface area contributed by atoms with E-state index in [9.17, 15) is 14.7 Å². The molecule has 0 saturated carbocycles. The van der Waals surface area contributed by atoms with E-state index < -0.39 is 17.9 Å². The number of anilines is 1. The van der Waals surface area contributed by atoms with Gasteiger partial charge in [0.05, 0.1) is 6.10 Å². The zero-order chi connectivity index (χ0) is 17.5. The van der Waals surface area contributed by atoms with E-state index in [1.54, 1.807) is 42.1 Å². The topological polar surface area (TPSA) is 78.4 Å². The fourth-order valence-corrected chi connectivity index (χ4v) is 2.57. The Morgan fingerprint density at radius 1 is 1.17 bits per heavy atom. The minimum absolute atomic E-state index is 0.0551. The molecule has 0 radical (unpaired) electrons. The maximum Gasteiger partial charge on any atom is 0.313 e. The van der Waals surface area contributed by atoms with Crippen LogP contribution in [0.15, 0.2) is 53.4 Å². The Labute approximate surface area is 149 Å². The average molecular weight is 365 g/mol. The van der Waals surface area contributed by atoms with E-state index in [-0.39, 0.29) is 6.54 Å². The summed E-state index contributed by atoms with van der Waals surface area (Å²) in [6, 6.07) is 13.8. The smallest absolute Gasteiger partial charge is 0.313 e. The molecular weight excluding hydrogens is 348 g/mol. The molecule has 0 aliphatic rings. The van der Waals surface area contributed by atoms with E-state index in [0.29, 0.717) is 16.3 Å². The molecule has 1 atom stereocenters. The largest absolute Gasteiger partial charge is 0.387 e. The first-order valence-electron chi connectivity index (χ1n) is 7.16. The van der Waals surface area contributed by atoms with Crippen LogP contribution in [0.25, 0.3) is 0 Å². The first kappa shape index (κ1) is 18.3. The summed E-state index contributed by atoms with van der Waals surface area (Å²) in [5.41, 5.74) is 1.10. The van der Waals surface area contributed by atoms with Crippen molar-refractivity contribution in [3.8, 4) is 0 Å². The number of hydrogen-bond donors (Lipinski definition) is 3. The van der Waals surface area contributed by atoms with Gasteiger partial charge in [-0.25, -0.2) is 0 Å². The lowest BCUT2D eigenvalue weighted by molar-refractivity contribution is -0.136. The molecule has 5 nitrogen and oxygen atoms in total. The second-order valence-corrected chi connectivity index (χ2v) is 6.28. The van der Waals surface area contributed by atoms with Crippen molar-refractivity contribution in [3.63, 3.8) is 0 Å². The lowest BCUT2D eigenvalue weighted by atomic mass is 10.1. The molecule has 0 aromatic heterocycles. The Kier molecular flexibility index (Phi) is 6.66. The number of halogens is 1. The van der Waals surface area contributed by atoms with Gasteiger partial charge in [0.15, 0.2) is 0 Å². The Balaban J connectivity index is 1.86. The van der Waals surface area contributed by atoms with Gasteiger partial charge in [-0.05, 0) is 42.2 Å². The van der Waals surface area contributed by atoms with Gasteiger partial charge in [0.25, 0.3) is 0 Å². The van der Waals surface area contributed by atoms with Gasteiger partial charge in [0, 0.05) is 22.2 Å².